The molecule has 0 saturated carbocycles. The van der Waals surface area contributed by atoms with Crippen molar-refractivity contribution in [3.63, 3.8) is 0 Å². The van der Waals surface area contributed by atoms with Crippen molar-refractivity contribution in [3.8, 4) is 11.5 Å². The molecule has 8 nitrogen and oxygen atoms in total. The zero-order chi connectivity index (χ0) is 18.7. The average Bonchev–Trinajstić information content (AvgIpc) is 3.07. The van der Waals surface area contributed by atoms with Crippen LogP contribution in [0.25, 0.3) is 0 Å². The van der Waals surface area contributed by atoms with Gasteiger partial charge in [0.05, 0.1) is 4.90 Å². The van der Waals surface area contributed by atoms with Crippen molar-refractivity contribution in [3.05, 3.63) is 17.7 Å². The van der Waals surface area contributed by atoms with Crippen molar-refractivity contribution in [1.29, 1.82) is 0 Å². The second-order valence-electron chi connectivity index (χ2n) is 6.58. The fourth-order valence-corrected chi connectivity index (χ4v) is 5.29. The van der Waals surface area contributed by atoms with Gasteiger partial charge in [-0.3, -0.25) is 4.79 Å². The lowest BCUT2D eigenvalue weighted by molar-refractivity contribution is -0.121. The molecule has 0 spiro atoms. The Morgan fingerprint density at radius 3 is 2.77 bits per heavy atom. The molecule has 0 aliphatic carbocycles. The Labute approximate surface area is 153 Å². The highest BCUT2D eigenvalue weighted by Crippen LogP contribution is 2.38. The number of ether oxygens (including phenoxy) is 2. The third-order valence-corrected chi connectivity index (χ3v) is 6.83. The lowest BCUT2D eigenvalue weighted by Crippen LogP contribution is -2.49. The Morgan fingerprint density at radius 1 is 1.31 bits per heavy atom. The Hall–Kier alpha value is -1.84. The molecule has 0 aromatic heterocycles. The highest BCUT2D eigenvalue weighted by Gasteiger charge is 2.35. The molecule has 2 aliphatic rings. The number of amides is 1. The summed E-state index contributed by atoms with van der Waals surface area (Å²) < 4.78 is 38.7. The van der Waals surface area contributed by atoms with E-state index in [2.05, 4.69) is 5.32 Å². The molecule has 2 heterocycles. The van der Waals surface area contributed by atoms with Gasteiger partial charge in [0.2, 0.25) is 22.7 Å². The van der Waals surface area contributed by atoms with E-state index in [-0.39, 0.29) is 36.6 Å². The first-order valence-electron chi connectivity index (χ1n) is 8.82. The van der Waals surface area contributed by atoms with E-state index in [9.17, 15) is 13.2 Å². The van der Waals surface area contributed by atoms with Crippen LogP contribution in [0.4, 0.5) is 0 Å². The average molecular weight is 383 g/mol. The van der Waals surface area contributed by atoms with Crippen molar-refractivity contribution in [2.45, 2.75) is 43.5 Å². The number of carbonyl (C=O) groups excluding carboxylic acids is 1. The van der Waals surface area contributed by atoms with Crippen LogP contribution in [0.1, 0.15) is 31.2 Å². The second-order valence-corrected chi connectivity index (χ2v) is 8.44. The zero-order valence-corrected chi connectivity index (χ0v) is 15.7. The maximum absolute atomic E-state index is 13.3. The van der Waals surface area contributed by atoms with Gasteiger partial charge in [-0.15, -0.1) is 0 Å². The number of nitrogens with one attached hydrogen (secondary N) is 1. The van der Waals surface area contributed by atoms with E-state index in [0.29, 0.717) is 36.6 Å². The van der Waals surface area contributed by atoms with Crippen LogP contribution in [0.2, 0.25) is 0 Å². The molecule has 2 aliphatic heterocycles. The number of fused-ring (bicyclic) bond motifs is 1. The van der Waals surface area contributed by atoms with Crippen LogP contribution >= 0.6 is 0 Å². The first-order chi connectivity index (χ1) is 12.4. The lowest BCUT2D eigenvalue weighted by atomic mass is 10.1. The van der Waals surface area contributed by atoms with Gasteiger partial charge in [0, 0.05) is 38.2 Å². The fraction of sp³-hybridized carbons (Fsp3) is 0.588. The van der Waals surface area contributed by atoms with E-state index in [1.165, 1.54) is 10.4 Å². The molecule has 0 radical (unpaired) electrons. The summed E-state index contributed by atoms with van der Waals surface area (Å²) in [6.45, 7) is 2.85. The molecule has 1 atom stereocenters. The predicted octanol–water partition coefficient (Wildman–Crippen LogP) is 0.732. The number of carbonyl (C=O) groups is 1. The number of nitrogens with zero attached hydrogens (tertiary/aromatic N) is 1. The highest BCUT2D eigenvalue weighted by molar-refractivity contribution is 7.89. The maximum Gasteiger partial charge on any atom is 0.243 e. The Balaban J connectivity index is 1.83. The lowest BCUT2D eigenvalue weighted by Gasteiger charge is -2.35. The molecule has 0 bridgehead atoms. The summed E-state index contributed by atoms with van der Waals surface area (Å²) in [6, 6.07) is 2.96. The molecule has 1 aromatic rings. The summed E-state index contributed by atoms with van der Waals surface area (Å²) in [5, 5.41) is 2.79. The minimum Gasteiger partial charge on any atom is -0.454 e. The topological polar surface area (TPSA) is 111 Å². The van der Waals surface area contributed by atoms with Crippen LogP contribution < -0.4 is 20.5 Å². The van der Waals surface area contributed by atoms with E-state index in [1.807, 2.05) is 0 Å². The van der Waals surface area contributed by atoms with Crippen molar-refractivity contribution in [2.75, 3.05) is 26.4 Å². The normalized spacial score (nSPS) is 20.2. The quantitative estimate of drug-likeness (QED) is 0.749. The first-order valence-corrected chi connectivity index (χ1v) is 10.3. The maximum atomic E-state index is 13.3. The van der Waals surface area contributed by atoms with Crippen LogP contribution in [0.3, 0.4) is 0 Å². The van der Waals surface area contributed by atoms with Gasteiger partial charge in [-0.25, -0.2) is 8.42 Å². The number of sulfonamides is 1. The van der Waals surface area contributed by atoms with E-state index in [0.717, 1.165) is 12.8 Å². The van der Waals surface area contributed by atoms with Crippen molar-refractivity contribution in [1.82, 2.24) is 9.62 Å². The number of nitrogens with two attached hydrogens (primary N) is 1. The van der Waals surface area contributed by atoms with Crippen LogP contribution in [0.15, 0.2) is 17.0 Å². The summed E-state index contributed by atoms with van der Waals surface area (Å²) in [6.07, 6.45) is 2.69. The summed E-state index contributed by atoms with van der Waals surface area (Å²) in [5.41, 5.74) is 6.00. The van der Waals surface area contributed by atoms with E-state index < -0.39 is 10.0 Å². The SMILES string of the molecule is Cc1cc2c(cc1S(=O)(=O)N1CCCCC1CNC(=O)CCN)OCO2. The summed E-state index contributed by atoms with van der Waals surface area (Å²) in [4.78, 5) is 11.9. The molecule has 1 unspecified atom stereocenters. The van der Waals surface area contributed by atoms with Gasteiger partial charge >= 0.3 is 0 Å². The molecule has 1 aromatic carbocycles. The molecular weight excluding hydrogens is 358 g/mol. The second kappa shape index (κ2) is 7.81. The van der Waals surface area contributed by atoms with Crippen LogP contribution in [0.5, 0.6) is 11.5 Å². The molecule has 3 N–H and O–H groups in total. The summed E-state index contributed by atoms with van der Waals surface area (Å²) in [5.74, 6) is 0.847. The number of hydrogen-bond acceptors (Lipinski definition) is 6. The monoisotopic (exact) mass is 383 g/mol. The molecule has 26 heavy (non-hydrogen) atoms. The van der Waals surface area contributed by atoms with Crippen molar-refractivity contribution < 1.29 is 22.7 Å². The number of piperidine rings is 1. The number of aryl methyl sites for hydroxylation is 1. The molecular formula is C17H25N3O5S. The molecule has 1 saturated heterocycles. The number of benzene rings is 1. The van der Waals surface area contributed by atoms with Gasteiger partial charge in [0.25, 0.3) is 0 Å². The zero-order valence-electron chi connectivity index (χ0n) is 14.9. The first kappa shape index (κ1) is 18.9. The molecule has 3 rings (SSSR count). The Morgan fingerprint density at radius 2 is 2.04 bits per heavy atom. The van der Waals surface area contributed by atoms with E-state index in [1.54, 1.807) is 13.0 Å². The third kappa shape index (κ3) is 3.79. The summed E-state index contributed by atoms with van der Waals surface area (Å²) >= 11 is 0. The third-order valence-electron chi connectivity index (χ3n) is 4.74. The van der Waals surface area contributed by atoms with Gasteiger partial charge in [-0.2, -0.15) is 4.31 Å². The van der Waals surface area contributed by atoms with Gasteiger partial charge in [0.15, 0.2) is 11.5 Å². The van der Waals surface area contributed by atoms with Gasteiger partial charge in [-0.1, -0.05) is 6.42 Å². The minimum atomic E-state index is -3.70. The smallest absolute Gasteiger partial charge is 0.243 e. The predicted molar refractivity (Wildman–Crippen MR) is 95.5 cm³/mol. The highest BCUT2D eigenvalue weighted by atomic mass is 32.2. The Bertz CT molecular complexity index is 781. The van der Waals surface area contributed by atoms with Gasteiger partial charge in [0.1, 0.15) is 0 Å². The largest absolute Gasteiger partial charge is 0.454 e. The fourth-order valence-electron chi connectivity index (χ4n) is 3.37. The van der Waals surface area contributed by atoms with Crippen LogP contribution in [-0.2, 0) is 14.8 Å². The van der Waals surface area contributed by atoms with E-state index in [4.69, 9.17) is 15.2 Å². The summed E-state index contributed by atoms with van der Waals surface area (Å²) in [7, 11) is -3.70. The molecule has 1 fully saturated rings. The van der Waals surface area contributed by atoms with Crippen LogP contribution in [-0.4, -0.2) is 51.1 Å². The van der Waals surface area contributed by atoms with Gasteiger partial charge in [-0.05, 0) is 31.4 Å². The molecule has 9 heteroatoms. The standard InChI is InChI=1S/C17H25N3O5S/c1-12-8-14-15(25-11-24-14)9-16(12)26(22,23)20-7-3-2-4-13(20)10-19-17(21)5-6-18/h8-9,13H,2-7,10-11,18H2,1H3,(H,19,21). The molecule has 144 valence electrons. The minimum absolute atomic E-state index is 0.0950. The van der Waals surface area contributed by atoms with Crippen molar-refractivity contribution >= 4 is 15.9 Å². The van der Waals surface area contributed by atoms with Crippen LogP contribution in [0, 0.1) is 6.92 Å². The molecule has 1 amide bonds. The van der Waals surface area contributed by atoms with Crippen molar-refractivity contribution in [2.24, 2.45) is 5.73 Å². The number of hydrogen-bond donors (Lipinski definition) is 2. The van der Waals surface area contributed by atoms with E-state index >= 15 is 0 Å². The Kier molecular flexibility index (Phi) is 5.69. The van der Waals surface area contributed by atoms with Gasteiger partial charge < -0.3 is 20.5 Å². The number of rotatable bonds is 6.